The second-order valence-electron chi connectivity index (χ2n) is 5.64. The zero-order chi connectivity index (χ0) is 14.8. The van der Waals surface area contributed by atoms with Crippen LogP contribution in [0.25, 0.3) is 0 Å². The van der Waals surface area contributed by atoms with Gasteiger partial charge in [-0.15, -0.1) is 0 Å². The Balaban J connectivity index is 1.36. The van der Waals surface area contributed by atoms with Crippen LogP contribution < -0.4 is 0 Å². The SMILES string of the molecule is O=C(OCC1CCOC1)N1CC(CN2C(=O)COC2=O)C1. The van der Waals surface area contributed by atoms with Crippen LogP contribution in [0.4, 0.5) is 9.59 Å². The maximum Gasteiger partial charge on any atom is 0.417 e. The molecule has 0 N–H and O–H groups in total. The summed E-state index contributed by atoms with van der Waals surface area (Å²) >= 11 is 0. The Morgan fingerprint density at radius 1 is 1.29 bits per heavy atom. The Bertz CT molecular complexity index is 426. The van der Waals surface area contributed by atoms with E-state index in [9.17, 15) is 14.4 Å². The summed E-state index contributed by atoms with van der Waals surface area (Å²) in [6, 6.07) is 0. The minimum atomic E-state index is -0.595. The van der Waals surface area contributed by atoms with E-state index in [1.165, 1.54) is 0 Å². The minimum absolute atomic E-state index is 0.0990. The zero-order valence-electron chi connectivity index (χ0n) is 11.7. The maximum absolute atomic E-state index is 11.8. The third-order valence-corrected chi connectivity index (χ3v) is 3.96. The van der Waals surface area contributed by atoms with E-state index in [4.69, 9.17) is 9.47 Å². The first kappa shape index (κ1) is 14.1. The Labute approximate surface area is 121 Å². The highest BCUT2D eigenvalue weighted by molar-refractivity contribution is 5.97. The summed E-state index contributed by atoms with van der Waals surface area (Å²) in [4.78, 5) is 37.1. The van der Waals surface area contributed by atoms with Gasteiger partial charge < -0.3 is 19.1 Å². The molecule has 8 heteroatoms. The van der Waals surface area contributed by atoms with Gasteiger partial charge in [0.1, 0.15) is 0 Å². The van der Waals surface area contributed by atoms with Gasteiger partial charge in [0.25, 0.3) is 5.91 Å². The van der Waals surface area contributed by atoms with Crippen LogP contribution in [0, 0.1) is 11.8 Å². The number of hydrogen-bond donors (Lipinski definition) is 0. The topological polar surface area (TPSA) is 85.4 Å². The standard InChI is InChI=1S/C13H18N2O6/c16-11-8-21-13(18)15(11)5-10-3-14(4-10)12(17)20-7-9-1-2-19-6-9/h9-10H,1-8H2. The molecule has 116 valence electrons. The molecule has 3 aliphatic rings. The van der Waals surface area contributed by atoms with Crippen LogP contribution in [-0.2, 0) is 19.0 Å². The number of rotatable bonds is 4. The van der Waals surface area contributed by atoms with Crippen LogP contribution in [0.3, 0.4) is 0 Å². The van der Waals surface area contributed by atoms with E-state index >= 15 is 0 Å². The van der Waals surface area contributed by atoms with Crippen molar-refractivity contribution in [2.45, 2.75) is 6.42 Å². The molecule has 0 bridgehead atoms. The van der Waals surface area contributed by atoms with Gasteiger partial charge in [-0.3, -0.25) is 4.79 Å². The first-order valence-electron chi connectivity index (χ1n) is 7.10. The van der Waals surface area contributed by atoms with Crippen LogP contribution in [0.5, 0.6) is 0 Å². The molecule has 3 heterocycles. The molecule has 3 amide bonds. The smallest absolute Gasteiger partial charge is 0.417 e. The summed E-state index contributed by atoms with van der Waals surface area (Å²) in [6.07, 6.45) is -0.00882. The molecule has 0 saturated carbocycles. The van der Waals surface area contributed by atoms with Gasteiger partial charge in [-0.1, -0.05) is 0 Å². The first-order valence-corrected chi connectivity index (χ1v) is 7.10. The summed E-state index contributed by atoms with van der Waals surface area (Å²) in [5.41, 5.74) is 0. The monoisotopic (exact) mass is 298 g/mol. The summed E-state index contributed by atoms with van der Waals surface area (Å²) in [6.45, 7) is 2.88. The molecule has 3 aliphatic heterocycles. The number of hydrogen-bond acceptors (Lipinski definition) is 6. The molecule has 0 aromatic rings. The van der Waals surface area contributed by atoms with Crippen LogP contribution in [-0.4, -0.2) is 74.0 Å². The fraction of sp³-hybridized carbons (Fsp3) is 0.769. The second-order valence-corrected chi connectivity index (χ2v) is 5.64. The van der Waals surface area contributed by atoms with Crippen molar-refractivity contribution in [3.63, 3.8) is 0 Å². The Hall–Kier alpha value is -1.83. The highest BCUT2D eigenvalue weighted by Crippen LogP contribution is 2.21. The van der Waals surface area contributed by atoms with E-state index in [1.54, 1.807) is 4.90 Å². The second kappa shape index (κ2) is 5.88. The minimum Gasteiger partial charge on any atom is -0.449 e. The number of likely N-dealkylation sites (tertiary alicyclic amines) is 1. The first-order chi connectivity index (χ1) is 10.1. The molecule has 3 fully saturated rings. The van der Waals surface area contributed by atoms with Crippen molar-refractivity contribution in [1.29, 1.82) is 0 Å². The molecule has 0 spiro atoms. The summed E-state index contributed by atoms with van der Waals surface area (Å²) in [5.74, 6) is 0.0761. The Morgan fingerprint density at radius 2 is 2.10 bits per heavy atom. The Kier molecular flexibility index (Phi) is 3.96. The molecule has 8 nitrogen and oxygen atoms in total. The third kappa shape index (κ3) is 3.10. The van der Waals surface area contributed by atoms with Crippen molar-refractivity contribution in [1.82, 2.24) is 9.80 Å². The number of nitrogens with zero attached hydrogens (tertiary/aromatic N) is 2. The average Bonchev–Trinajstić information content (AvgIpc) is 3.03. The molecule has 3 saturated heterocycles. The van der Waals surface area contributed by atoms with Gasteiger partial charge in [-0.2, -0.15) is 0 Å². The van der Waals surface area contributed by atoms with Gasteiger partial charge in [0.2, 0.25) is 0 Å². The van der Waals surface area contributed by atoms with Gasteiger partial charge in [0.15, 0.2) is 6.61 Å². The van der Waals surface area contributed by atoms with E-state index in [0.717, 1.165) is 17.9 Å². The predicted molar refractivity (Wildman–Crippen MR) is 68.4 cm³/mol. The fourth-order valence-corrected chi connectivity index (χ4v) is 2.65. The number of carbonyl (C=O) groups excluding carboxylic acids is 3. The number of imide groups is 1. The van der Waals surface area contributed by atoms with E-state index in [2.05, 4.69) is 4.74 Å². The van der Waals surface area contributed by atoms with Crippen LogP contribution in [0.1, 0.15) is 6.42 Å². The molecule has 0 radical (unpaired) electrons. The highest BCUT2D eigenvalue weighted by atomic mass is 16.6. The normalized spacial score (nSPS) is 26.0. The van der Waals surface area contributed by atoms with Crippen molar-refractivity contribution >= 4 is 18.1 Å². The van der Waals surface area contributed by atoms with Gasteiger partial charge in [0.05, 0.1) is 13.2 Å². The van der Waals surface area contributed by atoms with Crippen LogP contribution >= 0.6 is 0 Å². The zero-order valence-corrected chi connectivity index (χ0v) is 11.7. The molecule has 1 atom stereocenters. The van der Waals surface area contributed by atoms with E-state index in [0.29, 0.717) is 38.8 Å². The van der Waals surface area contributed by atoms with Crippen molar-refractivity contribution in [3.8, 4) is 0 Å². The van der Waals surface area contributed by atoms with Gasteiger partial charge >= 0.3 is 12.2 Å². The van der Waals surface area contributed by atoms with Gasteiger partial charge in [-0.25, -0.2) is 14.5 Å². The molecule has 0 aromatic heterocycles. The van der Waals surface area contributed by atoms with Crippen molar-refractivity contribution in [2.24, 2.45) is 11.8 Å². The van der Waals surface area contributed by atoms with Crippen molar-refractivity contribution < 1.29 is 28.6 Å². The van der Waals surface area contributed by atoms with E-state index < -0.39 is 6.09 Å². The van der Waals surface area contributed by atoms with Crippen molar-refractivity contribution in [3.05, 3.63) is 0 Å². The average molecular weight is 298 g/mol. The van der Waals surface area contributed by atoms with E-state index in [1.807, 2.05) is 0 Å². The molecule has 3 rings (SSSR count). The van der Waals surface area contributed by atoms with Gasteiger partial charge in [-0.05, 0) is 6.42 Å². The van der Waals surface area contributed by atoms with Crippen LogP contribution in [0.15, 0.2) is 0 Å². The molecular formula is C13H18N2O6. The molecule has 1 unspecified atom stereocenters. The van der Waals surface area contributed by atoms with Crippen molar-refractivity contribution in [2.75, 3.05) is 46.1 Å². The number of amides is 3. The number of cyclic esters (lactones) is 1. The summed E-state index contributed by atoms with van der Waals surface area (Å²) < 4.78 is 15.1. The predicted octanol–water partition coefficient (Wildman–Crippen LogP) is 0.0701. The molecule has 0 aromatic carbocycles. The lowest BCUT2D eigenvalue weighted by molar-refractivity contribution is -0.126. The highest BCUT2D eigenvalue weighted by Gasteiger charge is 2.38. The maximum atomic E-state index is 11.8. The summed E-state index contributed by atoms with van der Waals surface area (Å²) in [7, 11) is 0. The molecule has 21 heavy (non-hydrogen) atoms. The lowest BCUT2D eigenvalue weighted by Gasteiger charge is -2.39. The molecule has 0 aliphatic carbocycles. The van der Waals surface area contributed by atoms with Gasteiger partial charge in [0, 0.05) is 38.1 Å². The lowest BCUT2D eigenvalue weighted by Crippen LogP contribution is -2.54. The number of ether oxygens (including phenoxy) is 3. The quantitative estimate of drug-likeness (QED) is 0.730. The lowest BCUT2D eigenvalue weighted by atomic mass is 10.0. The fourth-order valence-electron chi connectivity index (χ4n) is 2.65. The Morgan fingerprint density at radius 3 is 2.71 bits per heavy atom. The molecular weight excluding hydrogens is 280 g/mol. The largest absolute Gasteiger partial charge is 0.449 e. The number of carbonyl (C=O) groups is 3. The van der Waals surface area contributed by atoms with Crippen LogP contribution in [0.2, 0.25) is 0 Å². The summed E-state index contributed by atoms with van der Waals surface area (Å²) in [5, 5.41) is 0. The third-order valence-electron chi connectivity index (χ3n) is 3.96. The van der Waals surface area contributed by atoms with E-state index in [-0.39, 0.29) is 24.5 Å².